The molecule has 6 heteroatoms. The van der Waals surface area contributed by atoms with E-state index in [1.807, 2.05) is 60.9 Å². The molecule has 2 unspecified atom stereocenters. The second-order valence-corrected chi connectivity index (χ2v) is 7.14. The van der Waals surface area contributed by atoms with Crippen LogP contribution in [0.4, 0.5) is 0 Å². The number of rotatable bonds is 10. The Morgan fingerprint density at radius 3 is 2.37 bits per heavy atom. The smallest absolute Gasteiger partial charge is 0.303 e. The normalized spacial score (nSPS) is 12.8. The quantitative estimate of drug-likeness (QED) is 0.607. The van der Waals surface area contributed by atoms with E-state index in [4.69, 9.17) is 9.84 Å². The average molecular weight is 388 g/mol. The lowest BCUT2D eigenvalue weighted by atomic mass is 10.0. The standard InChI is InChI=1S/C21H25NO4S/c1-15(26-18-9-11-19(27-2)12-10-18)21(25)22-17(8-13-20(23)24)14-16-6-4-3-5-7-16/h3-7,9-12,15,17H,8,13-14H2,1-2H3,(H,22,25)(H,23,24). The molecular formula is C21H25NO4S. The van der Waals surface area contributed by atoms with Crippen molar-refractivity contribution in [1.29, 1.82) is 0 Å². The minimum absolute atomic E-state index is 0.00314. The molecule has 0 bridgehead atoms. The molecule has 2 aromatic rings. The van der Waals surface area contributed by atoms with Gasteiger partial charge in [-0.05, 0) is 55.9 Å². The minimum Gasteiger partial charge on any atom is -0.481 e. The van der Waals surface area contributed by atoms with Gasteiger partial charge in [0.25, 0.3) is 5.91 Å². The summed E-state index contributed by atoms with van der Waals surface area (Å²) in [5, 5.41) is 11.9. The van der Waals surface area contributed by atoms with Crippen molar-refractivity contribution in [3.05, 3.63) is 60.2 Å². The summed E-state index contributed by atoms with van der Waals surface area (Å²) < 4.78 is 5.71. The molecule has 0 saturated carbocycles. The number of nitrogens with one attached hydrogen (secondary N) is 1. The molecule has 2 atom stereocenters. The van der Waals surface area contributed by atoms with Crippen molar-refractivity contribution in [3.8, 4) is 5.75 Å². The SMILES string of the molecule is CSc1ccc(OC(C)C(=O)NC(CCC(=O)O)Cc2ccccc2)cc1. The maximum Gasteiger partial charge on any atom is 0.303 e. The third-order valence-electron chi connectivity index (χ3n) is 4.12. The third-order valence-corrected chi connectivity index (χ3v) is 4.86. The van der Waals surface area contributed by atoms with E-state index in [-0.39, 0.29) is 18.4 Å². The van der Waals surface area contributed by atoms with Crippen molar-refractivity contribution >= 4 is 23.6 Å². The number of carboxylic acids is 1. The summed E-state index contributed by atoms with van der Waals surface area (Å²) in [7, 11) is 0. The number of ether oxygens (including phenoxy) is 1. The maximum atomic E-state index is 12.5. The first kappa shape index (κ1) is 20.8. The number of amides is 1. The second kappa shape index (κ2) is 10.6. The summed E-state index contributed by atoms with van der Waals surface area (Å²) in [5.41, 5.74) is 1.05. The summed E-state index contributed by atoms with van der Waals surface area (Å²) in [6.45, 7) is 1.69. The molecule has 27 heavy (non-hydrogen) atoms. The summed E-state index contributed by atoms with van der Waals surface area (Å²) >= 11 is 1.64. The fraction of sp³-hybridized carbons (Fsp3) is 0.333. The second-order valence-electron chi connectivity index (χ2n) is 6.26. The Kier molecular flexibility index (Phi) is 8.20. The Hall–Kier alpha value is -2.47. The van der Waals surface area contributed by atoms with Crippen molar-refractivity contribution in [2.45, 2.75) is 43.2 Å². The van der Waals surface area contributed by atoms with Crippen LogP contribution in [0.25, 0.3) is 0 Å². The lowest BCUT2D eigenvalue weighted by Gasteiger charge is -2.21. The molecular weight excluding hydrogens is 362 g/mol. The van der Waals surface area contributed by atoms with Gasteiger partial charge < -0.3 is 15.2 Å². The van der Waals surface area contributed by atoms with E-state index >= 15 is 0 Å². The zero-order valence-electron chi connectivity index (χ0n) is 15.6. The van der Waals surface area contributed by atoms with Crippen LogP contribution in [0.1, 0.15) is 25.3 Å². The number of carbonyl (C=O) groups is 2. The van der Waals surface area contributed by atoms with Crippen LogP contribution in [-0.4, -0.2) is 35.4 Å². The van der Waals surface area contributed by atoms with E-state index in [0.717, 1.165) is 10.5 Å². The first-order valence-corrected chi connectivity index (χ1v) is 10.1. The van der Waals surface area contributed by atoms with E-state index in [9.17, 15) is 9.59 Å². The lowest BCUT2D eigenvalue weighted by molar-refractivity contribution is -0.137. The van der Waals surface area contributed by atoms with Crippen molar-refractivity contribution in [3.63, 3.8) is 0 Å². The van der Waals surface area contributed by atoms with Crippen molar-refractivity contribution in [2.24, 2.45) is 0 Å². The van der Waals surface area contributed by atoms with E-state index < -0.39 is 12.1 Å². The monoisotopic (exact) mass is 387 g/mol. The molecule has 0 spiro atoms. The van der Waals surface area contributed by atoms with E-state index in [1.54, 1.807) is 18.7 Å². The topological polar surface area (TPSA) is 75.6 Å². The van der Waals surface area contributed by atoms with Crippen LogP contribution in [0.15, 0.2) is 59.5 Å². The Morgan fingerprint density at radius 2 is 1.78 bits per heavy atom. The van der Waals surface area contributed by atoms with Crippen LogP contribution < -0.4 is 10.1 Å². The van der Waals surface area contributed by atoms with Gasteiger partial charge in [0.1, 0.15) is 5.75 Å². The number of thioether (sulfide) groups is 1. The molecule has 0 saturated heterocycles. The summed E-state index contributed by atoms with van der Waals surface area (Å²) in [6, 6.07) is 17.0. The number of carboxylic acid groups (broad SMARTS) is 1. The van der Waals surface area contributed by atoms with Gasteiger partial charge in [-0.2, -0.15) is 0 Å². The van der Waals surface area contributed by atoms with Crippen LogP contribution in [0, 0.1) is 0 Å². The zero-order valence-corrected chi connectivity index (χ0v) is 16.4. The Morgan fingerprint density at radius 1 is 1.11 bits per heavy atom. The van der Waals surface area contributed by atoms with E-state index in [0.29, 0.717) is 18.6 Å². The van der Waals surface area contributed by atoms with Gasteiger partial charge in [0.2, 0.25) is 0 Å². The molecule has 0 aliphatic carbocycles. The summed E-state index contributed by atoms with van der Waals surface area (Å²) in [4.78, 5) is 24.6. The van der Waals surface area contributed by atoms with Crippen molar-refractivity contribution in [2.75, 3.05) is 6.26 Å². The minimum atomic E-state index is -0.875. The molecule has 0 aliphatic rings. The molecule has 2 N–H and O–H groups in total. The molecule has 0 fully saturated rings. The molecule has 144 valence electrons. The largest absolute Gasteiger partial charge is 0.481 e. The lowest BCUT2D eigenvalue weighted by Crippen LogP contribution is -2.43. The van der Waals surface area contributed by atoms with Gasteiger partial charge in [0.15, 0.2) is 6.10 Å². The maximum absolute atomic E-state index is 12.5. The highest BCUT2D eigenvalue weighted by Crippen LogP contribution is 2.20. The van der Waals surface area contributed by atoms with Crippen LogP contribution in [-0.2, 0) is 16.0 Å². The summed E-state index contributed by atoms with van der Waals surface area (Å²) in [5.74, 6) is -0.503. The molecule has 0 radical (unpaired) electrons. The molecule has 2 rings (SSSR count). The van der Waals surface area contributed by atoms with E-state index in [1.165, 1.54) is 0 Å². The fourth-order valence-electron chi connectivity index (χ4n) is 2.65. The average Bonchev–Trinajstić information content (AvgIpc) is 2.67. The number of carbonyl (C=O) groups excluding carboxylic acids is 1. The van der Waals surface area contributed by atoms with Crippen LogP contribution in [0.2, 0.25) is 0 Å². The molecule has 1 amide bonds. The summed E-state index contributed by atoms with van der Waals surface area (Å²) in [6.07, 6.45) is 2.27. The van der Waals surface area contributed by atoms with Crippen molar-refractivity contribution in [1.82, 2.24) is 5.32 Å². The highest BCUT2D eigenvalue weighted by Gasteiger charge is 2.20. The van der Waals surface area contributed by atoms with Gasteiger partial charge in [-0.3, -0.25) is 9.59 Å². The highest BCUT2D eigenvalue weighted by molar-refractivity contribution is 7.98. The third kappa shape index (κ3) is 7.35. The van der Waals surface area contributed by atoms with Gasteiger partial charge in [-0.25, -0.2) is 0 Å². The first-order chi connectivity index (χ1) is 13.0. The molecule has 5 nitrogen and oxygen atoms in total. The molecule has 0 aromatic heterocycles. The number of hydrogen-bond acceptors (Lipinski definition) is 4. The number of aliphatic carboxylic acids is 1. The van der Waals surface area contributed by atoms with E-state index in [2.05, 4.69) is 5.32 Å². The number of hydrogen-bond donors (Lipinski definition) is 2. The van der Waals surface area contributed by atoms with Gasteiger partial charge in [-0.1, -0.05) is 30.3 Å². The first-order valence-electron chi connectivity index (χ1n) is 8.84. The van der Waals surface area contributed by atoms with Gasteiger partial charge >= 0.3 is 5.97 Å². The Labute approximate surface area is 164 Å². The molecule has 0 aliphatic heterocycles. The van der Waals surface area contributed by atoms with Crippen LogP contribution in [0.5, 0.6) is 5.75 Å². The number of benzene rings is 2. The Bertz CT molecular complexity index is 734. The van der Waals surface area contributed by atoms with Gasteiger partial charge in [0.05, 0.1) is 0 Å². The van der Waals surface area contributed by atoms with Gasteiger partial charge in [0, 0.05) is 17.4 Å². The predicted octanol–water partition coefficient (Wildman–Crippen LogP) is 3.77. The van der Waals surface area contributed by atoms with Crippen molar-refractivity contribution < 1.29 is 19.4 Å². The van der Waals surface area contributed by atoms with Crippen LogP contribution in [0.3, 0.4) is 0 Å². The fourth-order valence-corrected chi connectivity index (χ4v) is 3.06. The van der Waals surface area contributed by atoms with Crippen LogP contribution >= 0.6 is 11.8 Å². The highest BCUT2D eigenvalue weighted by atomic mass is 32.2. The molecule has 2 aromatic carbocycles. The molecule has 0 heterocycles. The zero-order chi connectivity index (χ0) is 19.6. The predicted molar refractivity (Wildman–Crippen MR) is 107 cm³/mol. The Balaban J connectivity index is 1.96. The van der Waals surface area contributed by atoms with Gasteiger partial charge in [-0.15, -0.1) is 11.8 Å².